The molecule has 0 aliphatic carbocycles. The Balaban J connectivity index is 2.60. The van der Waals surface area contributed by atoms with Gasteiger partial charge in [0.1, 0.15) is 5.82 Å². The maximum absolute atomic E-state index is 4.68. The largest absolute Gasteiger partial charge is 0.359 e. The molecule has 0 aromatic carbocycles. The molecule has 0 atom stereocenters. The van der Waals surface area contributed by atoms with Crippen molar-refractivity contribution in [3.63, 3.8) is 0 Å². The van der Waals surface area contributed by atoms with Crippen molar-refractivity contribution in [3.8, 4) is 0 Å². The lowest BCUT2D eigenvalue weighted by Gasteiger charge is -2.19. The van der Waals surface area contributed by atoms with Gasteiger partial charge in [-0.25, -0.2) is 4.98 Å². The standard InChI is InChI=1S/C14H25N3S/c1-5-8-15-11-13-6-7-14(16-12(13)2)17(3)9-10-18-4/h6-7,15H,5,8-11H2,1-4H3. The zero-order valence-corrected chi connectivity index (χ0v) is 12.8. The van der Waals surface area contributed by atoms with Crippen LogP contribution in [0.15, 0.2) is 12.1 Å². The Morgan fingerprint density at radius 3 is 2.78 bits per heavy atom. The number of pyridine rings is 1. The smallest absolute Gasteiger partial charge is 0.128 e. The van der Waals surface area contributed by atoms with Crippen molar-refractivity contribution in [1.29, 1.82) is 0 Å². The molecule has 0 aliphatic heterocycles. The Bertz CT molecular complexity index is 355. The lowest BCUT2D eigenvalue weighted by atomic mass is 10.2. The maximum atomic E-state index is 4.68. The molecule has 1 N–H and O–H groups in total. The molecule has 4 heteroatoms. The fourth-order valence-corrected chi connectivity index (χ4v) is 2.18. The van der Waals surface area contributed by atoms with Crippen LogP contribution in [0.5, 0.6) is 0 Å². The first-order chi connectivity index (χ1) is 8.69. The summed E-state index contributed by atoms with van der Waals surface area (Å²) >= 11 is 1.87. The highest BCUT2D eigenvalue weighted by Gasteiger charge is 2.05. The molecule has 0 saturated heterocycles. The number of anilines is 1. The maximum Gasteiger partial charge on any atom is 0.128 e. The van der Waals surface area contributed by atoms with Crippen LogP contribution in [0, 0.1) is 6.92 Å². The first kappa shape index (κ1) is 15.3. The lowest BCUT2D eigenvalue weighted by molar-refractivity contribution is 0.671. The van der Waals surface area contributed by atoms with E-state index in [1.165, 1.54) is 12.0 Å². The molecule has 102 valence electrons. The van der Waals surface area contributed by atoms with Gasteiger partial charge in [-0.3, -0.25) is 0 Å². The molecular weight excluding hydrogens is 242 g/mol. The predicted molar refractivity (Wildman–Crippen MR) is 82.6 cm³/mol. The number of nitrogens with zero attached hydrogens (tertiary/aromatic N) is 2. The van der Waals surface area contributed by atoms with Gasteiger partial charge in [0.25, 0.3) is 0 Å². The molecule has 0 spiro atoms. The molecule has 1 aromatic heterocycles. The van der Waals surface area contributed by atoms with E-state index in [0.29, 0.717) is 0 Å². The second-order valence-electron chi connectivity index (χ2n) is 4.51. The number of hydrogen-bond acceptors (Lipinski definition) is 4. The van der Waals surface area contributed by atoms with E-state index in [2.05, 4.69) is 54.5 Å². The Hall–Kier alpha value is -0.740. The van der Waals surface area contributed by atoms with E-state index < -0.39 is 0 Å². The Labute approximate surface area is 115 Å². The minimum absolute atomic E-state index is 0.918. The van der Waals surface area contributed by atoms with E-state index in [1.807, 2.05) is 11.8 Å². The van der Waals surface area contributed by atoms with Gasteiger partial charge in [0, 0.05) is 31.6 Å². The van der Waals surface area contributed by atoms with Crippen LogP contribution < -0.4 is 10.2 Å². The van der Waals surface area contributed by atoms with E-state index in [9.17, 15) is 0 Å². The predicted octanol–water partition coefficient (Wildman–Crippen LogP) is 2.69. The minimum Gasteiger partial charge on any atom is -0.359 e. The minimum atomic E-state index is 0.918. The third-order valence-electron chi connectivity index (χ3n) is 2.94. The summed E-state index contributed by atoms with van der Waals surface area (Å²) in [6.07, 6.45) is 3.30. The summed E-state index contributed by atoms with van der Waals surface area (Å²) in [5.74, 6) is 2.21. The summed E-state index contributed by atoms with van der Waals surface area (Å²) in [6, 6.07) is 4.31. The van der Waals surface area contributed by atoms with Gasteiger partial charge < -0.3 is 10.2 Å². The second-order valence-corrected chi connectivity index (χ2v) is 5.49. The lowest BCUT2D eigenvalue weighted by Crippen LogP contribution is -2.22. The van der Waals surface area contributed by atoms with Crippen molar-refractivity contribution in [2.24, 2.45) is 0 Å². The zero-order chi connectivity index (χ0) is 13.4. The molecule has 1 rings (SSSR count). The van der Waals surface area contributed by atoms with Gasteiger partial charge in [0.05, 0.1) is 0 Å². The summed E-state index contributed by atoms with van der Waals surface area (Å²) < 4.78 is 0. The number of hydrogen-bond donors (Lipinski definition) is 1. The summed E-state index contributed by atoms with van der Waals surface area (Å²) in [6.45, 7) is 7.30. The zero-order valence-electron chi connectivity index (χ0n) is 12.0. The van der Waals surface area contributed by atoms with Crippen LogP contribution in [0.1, 0.15) is 24.6 Å². The van der Waals surface area contributed by atoms with Crippen LogP contribution in [0.2, 0.25) is 0 Å². The number of nitrogens with one attached hydrogen (secondary N) is 1. The van der Waals surface area contributed by atoms with Gasteiger partial charge >= 0.3 is 0 Å². The van der Waals surface area contributed by atoms with Crippen molar-refractivity contribution < 1.29 is 0 Å². The van der Waals surface area contributed by atoms with Gasteiger partial charge in [-0.05, 0) is 37.8 Å². The van der Waals surface area contributed by atoms with E-state index in [-0.39, 0.29) is 0 Å². The molecule has 0 bridgehead atoms. The van der Waals surface area contributed by atoms with Crippen LogP contribution in [0.25, 0.3) is 0 Å². The van der Waals surface area contributed by atoms with Crippen molar-refractivity contribution >= 4 is 17.6 Å². The molecular formula is C14H25N3S. The molecule has 0 amide bonds. The molecule has 0 aliphatic rings. The fourth-order valence-electron chi connectivity index (χ4n) is 1.72. The Morgan fingerprint density at radius 1 is 1.39 bits per heavy atom. The van der Waals surface area contributed by atoms with Gasteiger partial charge in [-0.2, -0.15) is 11.8 Å². The highest BCUT2D eigenvalue weighted by atomic mass is 32.2. The van der Waals surface area contributed by atoms with Gasteiger partial charge in [-0.1, -0.05) is 13.0 Å². The van der Waals surface area contributed by atoms with Gasteiger partial charge in [0.15, 0.2) is 0 Å². The summed E-state index contributed by atoms with van der Waals surface area (Å²) in [5, 5.41) is 3.42. The van der Waals surface area contributed by atoms with Crippen LogP contribution in [-0.2, 0) is 6.54 Å². The van der Waals surface area contributed by atoms with Crippen molar-refractivity contribution in [2.75, 3.05) is 37.0 Å². The molecule has 18 heavy (non-hydrogen) atoms. The topological polar surface area (TPSA) is 28.2 Å². The normalized spacial score (nSPS) is 10.7. The number of aryl methyl sites for hydroxylation is 1. The van der Waals surface area contributed by atoms with Gasteiger partial charge in [-0.15, -0.1) is 0 Å². The molecule has 0 saturated carbocycles. The summed E-state index contributed by atoms with van der Waals surface area (Å²) in [7, 11) is 2.10. The van der Waals surface area contributed by atoms with Crippen molar-refractivity contribution in [2.45, 2.75) is 26.8 Å². The van der Waals surface area contributed by atoms with Gasteiger partial charge in [0.2, 0.25) is 0 Å². The van der Waals surface area contributed by atoms with Crippen LogP contribution in [0.3, 0.4) is 0 Å². The Kier molecular flexibility index (Phi) is 7.13. The summed E-state index contributed by atoms with van der Waals surface area (Å²) in [5.41, 5.74) is 2.43. The molecule has 1 aromatic rings. The van der Waals surface area contributed by atoms with Crippen LogP contribution in [0.4, 0.5) is 5.82 Å². The number of aromatic nitrogens is 1. The molecule has 0 radical (unpaired) electrons. The molecule has 1 heterocycles. The average molecular weight is 267 g/mol. The molecule has 0 fully saturated rings. The average Bonchev–Trinajstić information content (AvgIpc) is 2.38. The Morgan fingerprint density at radius 2 is 2.17 bits per heavy atom. The fraction of sp³-hybridized carbons (Fsp3) is 0.643. The van der Waals surface area contributed by atoms with Crippen molar-refractivity contribution in [1.82, 2.24) is 10.3 Å². The van der Waals surface area contributed by atoms with Crippen LogP contribution >= 0.6 is 11.8 Å². The van der Waals surface area contributed by atoms with E-state index in [0.717, 1.165) is 36.9 Å². The third-order valence-corrected chi connectivity index (χ3v) is 3.54. The second kappa shape index (κ2) is 8.38. The number of rotatable bonds is 8. The SMILES string of the molecule is CCCNCc1ccc(N(C)CCSC)nc1C. The monoisotopic (exact) mass is 267 g/mol. The highest BCUT2D eigenvalue weighted by molar-refractivity contribution is 7.98. The van der Waals surface area contributed by atoms with E-state index >= 15 is 0 Å². The van der Waals surface area contributed by atoms with E-state index in [4.69, 9.17) is 0 Å². The quantitative estimate of drug-likeness (QED) is 0.733. The highest BCUT2D eigenvalue weighted by Crippen LogP contribution is 2.14. The number of thioether (sulfide) groups is 1. The third kappa shape index (κ3) is 4.86. The molecule has 0 unspecified atom stereocenters. The first-order valence-electron chi connectivity index (χ1n) is 6.56. The van der Waals surface area contributed by atoms with Crippen molar-refractivity contribution in [3.05, 3.63) is 23.4 Å². The summed E-state index contributed by atoms with van der Waals surface area (Å²) in [4.78, 5) is 6.90. The first-order valence-corrected chi connectivity index (χ1v) is 7.95. The van der Waals surface area contributed by atoms with E-state index in [1.54, 1.807) is 0 Å². The van der Waals surface area contributed by atoms with Crippen LogP contribution in [-0.4, -0.2) is 37.1 Å². The molecule has 3 nitrogen and oxygen atoms in total.